The lowest BCUT2D eigenvalue weighted by Gasteiger charge is -2.43. The first kappa shape index (κ1) is 38.1. The van der Waals surface area contributed by atoms with Crippen LogP contribution in [-0.2, 0) is 35.8 Å². The lowest BCUT2D eigenvalue weighted by atomic mass is 9.99. The van der Waals surface area contributed by atoms with E-state index in [4.69, 9.17) is 14.2 Å². The zero-order valence-electron chi connectivity index (χ0n) is 28.3. The van der Waals surface area contributed by atoms with E-state index >= 15 is 0 Å². The highest BCUT2D eigenvalue weighted by atomic mass is 32.2. The molecule has 0 fully saturated rings. The van der Waals surface area contributed by atoms with E-state index in [0.717, 1.165) is 16.2 Å². The topological polar surface area (TPSA) is 160 Å². The lowest BCUT2D eigenvalue weighted by molar-refractivity contribution is -0.251. The molecule has 13 nitrogen and oxygen atoms in total. The van der Waals surface area contributed by atoms with Gasteiger partial charge in [0.05, 0.1) is 21.9 Å². The summed E-state index contributed by atoms with van der Waals surface area (Å²) in [4.78, 5) is 29.3. The van der Waals surface area contributed by atoms with Crippen LogP contribution in [0.4, 0.5) is 4.79 Å². The molecule has 262 valence electrons. The van der Waals surface area contributed by atoms with Crippen molar-refractivity contribution in [2.75, 3.05) is 31.9 Å². The Morgan fingerprint density at radius 3 is 2.17 bits per heavy atom. The number of sulfone groups is 2. The van der Waals surface area contributed by atoms with Crippen LogP contribution >= 0.6 is 0 Å². The zero-order valence-corrected chi connectivity index (χ0v) is 29.9. The third-order valence-electron chi connectivity index (χ3n) is 7.64. The van der Waals surface area contributed by atoms with E-state index in [2.05, 4.69) is 0 Å². The Labute approximate surface area is 278 Å². The highest BCUT2D eigenvalue weighted by Crippen LogP contribution is 2.35. The maximum atomic E-state index is 14.6. The summed E-state index contributed by atoms with van der Waals surface area (Å²) in [5.74, 6) is -1.26. The summed E-state index contributed by atoms with van der Waals surface area (Å²) in [5.41, 5.74) is -0.354. The van der Waals surface area contributed by atoms with Gasteiger partial charge in [0.15, 0.2) is 31.2 Å². The number of ether oxygens (including phenoxy) is 3. The minimum Gasteiger partial charge on any atom is -0.454 e. The molecule has 2 amide bonds. The molecule has 2 atom stereocenters. The van der Waals surface area contributed by atoms with Crippen LogP contribution in [0.25, 0.3) is 0 Å². The van der Waals surface area contributed by atoms with Gasteiger partial charge in [0.25, 0.3) is 5.91 Å². The fourth-order valence-corrected chi connectivity index (χ4v) is 7.28. The first-order valence-corrected chi connectivity index (χ1v) is 18.9. The Balaban J connectivity index is 2.01. The Bertz CT molecular complexity index is 1620. The summed E-state index contributed by atoms with van der Waals surface area (Å²) in [5, 5.41) is 13.0. The van der Waals surface area contributed by atoms with E-state index in [0.29, 0.717) is 28.7 Å². The van der Waals surface area contributed by atoms with Crippen LogP contribution in [0.3, 0.4) is 0 Å². The fraction of sp³-hybridized carbons (Fsp3) is 0.562. The first-order valence-electron chi connectivity index (χ1n) is 15.3. The van der Waals surface area contributed by atoms with E-state index in [1.54, 1.807) is 65.0 Å². The van der Waals surface area contributed by atoms with Crippen molar-refractivity contribution in [3.63, 3.8) is 0 Å². The summed E-state index contributed by atoms with van der Waals surface area (Å²) >= 11 is 0. The van der Waals surface area contributed by atoms with Crippen molar-refractivity contribution in [3.8, 4) is 11.5 Å². The highest BCUT2D eigenvalue weighted by Gasteiger charge is 2.51. The van der Waals surface area contributed by atoms with Crippen molar-refractivity contribution in [1.29, 1.82) is 0 Å². The number of fused-ring (bicyclic) bond motifs is 1. The number of hydroxylamine groups is 1. The van der Waals surface area contributed by atoms with Gasteiger partial charge in [-0.15, -0.1) is 0 Å². The molecule has 0 saturated carbocycles. The van der Waals surface area contributed by atoms with Crippen LogP contribution < -0.4 is 9.47 Å². The maximum Gasteiger partial charge on any atom is 0.411 e. The number of amides is 2. The van der Waals surface area contributed by atoms with Crippen LogP contribution in [-0.4, -0.2) is 97.4 Å². The van der Waals surface area contributed by atoms with Gasteiger partial charge in [-0.05, 0) is 64.7 Å². The average molecular weight is 698 g/mol. The average Bonchev–Trinajstić information content (AvgIpc) is 3.42. The smallest absolute Gasteiger partial charge is 0.411 e. The van der Waals surface area contributed by atoms with Gasteiger partial charge in [0.2, 0.25) is 6.79 Å². The van der Waals surface area contributed by atoms with E-state index in [1.165, 1.54) is 32.0 Å². The van der Waals surface area contributed by atoms with Gasteiger partial charge in [-0.3, -0.25) is 14.9 Å². The molecule has 1 aliphatic heterocycles. The van der Waals surface area contributed by atoms with Crippen LogP contribution in [0, 0.1) is 5.92 Å². The minimum atomic E-state index is -4.00. The molecule has 0 aliphatic carbocycles. The van der Waals surface area contributed by atoms with E-state index < -0.39 is 59.7 Å². The molecule has 2 aromatic rings. The molecule has 0 spiro atoms. The number of carbonyl (C=O) groups is 2. The van der Waals surface area contributed by atoms with E-state index in [1.807, 2.05) is 0 Å². The van der Waals surface area contributed by atoms with Gasteiger partial charge in [-0.1, -0.05) is 49.4 Å². The van der Waals surface area contributed by atoms with Crippen molar-refractivity contribution >= 4 is 31.7 Å². The fourth-order valence-electron chi connectivity index (χ4n) is 5.04. The molecule has 1 aliphatic rings. The van der Waals surface area contributed by atoms with Gasteiger partial charge in [0, 0.05) is 25.4 Å². The minimum absolute atomic E-state index is 0.0119. The molecule has 1 N–H and O–H groups in total. The van der Waals surface area contributed by atoms with Crippen LogP contribution in [0.2, 0.25) is 0 Å². The van der Waals surface area contributed by atoms with Crippen molar-refractivity contribution in [1.82, 2.24) is 15.1 Å². The summed E-state index contributed by atoms with van der Waals surface area (Å²) < 4.78 is 67.4. The number of nitrogens with zero attached hydrogens (tertiary/aromatic N) is 3. The van der Waals surface area contributed by atoms with E-state index in [-0.39, 0.29) is 31.3 Å². The normalized spacial score (nSPS) is 14.9. The maximum absolute atomic E-state index is 14.6. The lowest BCUT2D eigenvalue weighted by Crippen LogP contribution is -2.65. The predicted molar refractivity (Wildman–Crippen MR) is 175 cm³/mol. The van der Waals surface area contributed by atoms with Crippen LogP contribution in [0.5, 0.6) is 11.5 Å². The number of hydrogen-bond acceptors (Lipinski definition) is 11. The van der Waals surface area contributed by atoms with Crippen molar-refractivity contribution in [3.05, 3.63) is 54.1 Å². The van der Waals surface area contributed by atoms with Crippen molar-refractivity contribution in [2.45, 2.75) is 82.7 Å². The van der Waals surface area contributed by atoms with Crippen molar-refractivity contribution < 1.29 is 45.8 Å². The Morgan fingerprint density at radius 2 is 1.60 bits per heavy atom. The summed E-state index contributed by atoms with van der Waals surface area (Å²) in [7, 11) is -7.86. The molecular formula is C32H47N3O10S2. The molecule has 2 aromatic carbocycles. The molecule has 47 heavy (non-hydrogen) atoms. The quantitative estimate of drug-likeness (QED) is 0.281. The zero-order chi connectivity index (χ0) is 35.4. The van der Waals surface area contributed by atoms with Gasteiger partial charge in [-0.25, -0.2) is 26.6 Å². The van der Waals surface area contributed by atoms with Gasteiger partial charge >= 0.3 is 6.09 Å². The first-order chi connectivity index (χ1) is 21.7. The second kappa shape index (κ2) is 14.8. The molecule has 15 heteroatoms. The van der Waals surface area contributed by atoms with E-state index in [9.17, 15) is 31.6 Å². The summed E-state index contributed by atoms with van der Waals surface area (Å²) in [6, 6.07) is 11.4. The third-order valence-corrected chi connectivity index (χ3v) is 11.8. The molecule has 3 rings (SSSR count). The molecule has 0 aromatic heterocycles. The molecule has 0 bridgehead atoms. The Morgan fingerprint density at radius 1 is 0.979 bits per heavy atom. The monoisotopic (exact) mass is 697 g/mol. The number of carbonyl (C=O) groups excluding carboxylic acids is 2. The van der Waals surface area contributed by atoms with Gasteiger partial charge in [-0.2, -0.15) is 0 Å². The van der Waals surface area contributed by atoms with Gasteiger partial charge < -0.3 is 14.2 Å². The third kappa shape index (κ3) is 9.58. The molecule has 0 saturated heterocycles. The summed E-state index contributed by atoms with van der Waals surface area (Å²) in [6.45, 7) is 10.5. The second-order valence-electron chi connectivity index (χ2n) is 13.3. The second-order valence-corrected chi connectivity index (χ2v) is 17.9. The SMILES string of the molecule is CCCN(C(=O)OC(C)(C)C)[C@@H](C(=O)N(Cc1ccccc1)N(O)C[C@@H](C)CS(=O)(=O)c1ccc2c(c1)OCO2)C(C)(C)S(C)(=O)=O. The molecule has 0 unspecified atom stereocenters. The number of hydrazine groups is 1. The Kier molecular flexibility index (Phi) is 12.0. The number of benzene rings is 2. The van der Waals surface area contributed by atoms with Crippen LogP contribution in [0.1, 0.15) is 60.5 Å². The standard InChI is InChI=1S/C32H47N3O10S2/c1-9-17-33(30(37)45-31(3,4)5)28(32(6,7)46(8,39)40)29(36)34(20-24-13-11-10-12-14-24)35(38)19-23(2)21-47(41,42)25-15-16-26-27(18-25)44-22-43-26/h10-16,18,23,28,38H,9,17,19-22H2,1-8H3/t23-,28+/m1/s1. The highest BCUT2D eigenvalue weighted by molar-refractivity contribution is 7.92. The van der Waals surface area contributed by atoms with Crippen molar-refractivity contribution in [2.24, 2.45) is 5.92 Å². The van der Waals surface area contributed by atoms with Gasteiger partial charge in [0.1, 0.15) is 11.6 Å². The predicted octanol–water partition coefficient (Wildman–Crippen LogP) is 4.30. The molecule has 0 radical (unpaired) electrons. The largest absolute Gasteiger partial charge is 0.454 e. The summed E-state index contributed by atoms with van der Waals surface area (Å²) in [6.07, 6.45) is 0.467. The number of hydrogen-bond donors (Lipinski definition) is 1. The number of rotatable bonds is 14. The molecular weight excluding hydrogens is 650 g/mol. The van der Waals surface area contributed by atoms with Crippen LogP contribution in [0.15, 0.2) is 53.4 Å². The Hall–Kier alpha value is -3.40. The molecule has 1 heterocycles.